The summed E-state index contributed by atoms with van der Waals surface area (Å²) in [5.41, 5.74) is 0.600. The van der Waals surface area contributed by atoms with Gasteiger partial charge in [-0.15, -0.1) is 0 Å². The number of unbranched alkanes of at least 4 members (excludes halogenated alkanes) is 3. The molecule has 0 bridgehead atoms. The molecule has 0 heterocycles. The van der Waals surface area contributed by atoms with Crippen molar-refractivity contribution in [1.82, 2.24) is 0 Å². The summed E-state index contributed by atoms with van der Waals surface area (Å²) in [5.74, 6) is 0.392. The van der Waals surface area contributed by atoms with Gasteiger partial charge in [0.05, 0.1) is 19.6 Å². The normalized spacial score (nSPS) is 10.3. The van der Waals surface area contributed by atoms with Crippen molar-refractivity contribution in [3.63, 3.8) is 0 Å². The molecule has 122 valence electrons. The number of benzene rings is 1. The molecule has 0 saturated carbocycles. The lowest BCUT2D eigenvalue weighted by Crippen LogP contribution is -2.08. The Morgan fingerprint density at radius 2 is 1.68 bits per heavy atom. The Labute approximate surface area is 132 Å². The topological polar surface area (TPSA) is 52.6 Å². The highest BCUT2D eigenvalue weighted by Crippen LogP contribution is 2.15. The van der Waals surface area contributed by atoms with E-state index in [1.54, 1.807) is 31.2 Å². The van der Waals surface area contributed by atoms with Crippen molar-refractivity contribution in [1.29, 1.82) is 0 Å². The van der Waals surface area contributed by atoms with Crippen molar-refractivity contribution in [2.45, 2.75) is 52.4 Å². The number of Topliss-reactive ketones (excluding diaryl/α,β-unsaturated/α-hetero) is 1. The van der Waals surface area contributed by atoms with Gasteiger partial charge in [-0.05, 0) is 37.6 Å². The Bertz CT molecular complexity index is 451. The van der Waals surface area contributed by atoms with Crippen molar-refractivity contribution in [2.75, 3.05) is 13.2 Å². The Morgan fingerprint density at radius 3 is 2.32 bits per heavy atom. The van der Waals surface area contributed by atoms with Gasteiger partial charge in [-0.3, -0.25) is 9.59 Å². The zero-order chi connectivity index (χ0) is 16.2. The predicted octanol–water partition coefficient (Wildman–Crippen LogP) is 4.17. The fraction of sp³-hybridized carbons (Fsp3) is 0.556. The van der Waals surface area contributed by atoms with Crippen LogP contribution < -0.4 is 4.74 Å². The van der Waals surface area contributed by atoms with E-state index in [0.29, 0.717) is 18.8 Å². The Hall–Kier alpha value is -1.84. The molecule has 0 radical (unpaired) electrons. The van der Waals surface area contributed by atoms with Crippen LogP contribution in [-0.2, 0) is 9.53 Å². The summed E-state index contributed by atoms with van der Waals surface area (Å²) in [7, 11) is 0. The number of hydrogen-bond donors (Lipinski definition) is 0. The van der Waals surface area contributed by atoms with E-state index in [0.717, 1.165) is 12.2 Å². The molecule has 4 nitrogen and oxygen atoms in total. The first-order valence-electron chi connectivity index (χ1n) is 8.09. The van der Waals surface area contributed by atoms with Gasteiger partial charge in [-0.25, -0.2) is 0 Å². The maximum Gasteiger partial charge on any atom is 0.306 e. The number of ketones is 1. The summed E-state index contributed by atoms with van der Waals surface area (Å²) in [6.45, 7) is 4.98. The van der Waals surface area contributed by atoms with Crippen LogP contribution in [0.25, 0.3) is 0 Å². The van der Waals surface area contributed by atoms with Crippen LogP contribution in [0.5, 0.6) is 5.75 Å². The molecular weight excluding hydrogens is 280 g/mol. The molecule has 0 saturated heterocycles. The molecule has 0 aliphatic heterocycles. The van der Waals surface area contributed by atoms with Crippen LogP contribution in [0, 0.1) is 0 Å². The molecule has 0 fully saturated rings. The SMILES string of the molecule is CCCCCCOc1ccc(C(=O)CCC(=O)OCC)cc1. The molecule has 0 N–H and O–H groups in total. The third-order valence-electron chi connectivity index (χ3n) is 3.30. The van der Waals surface area contributed by atoms with Gasteiger partial charge in [0.15, 0.2) is 5.78 Å². The Kier molecular flexibility index (Phi) is 8.96. The summed E-state index contributed by atoms with van der Waals surface area (Å²) in [4.78, 5) is 23.2. The summed E-state index contributed by atoms with van der Waals surface area (Å²) in [5, 5.41) is 0. The van der Waals surface area contributed by atoms with Crippen LogP contribution in [0.2, 0.25) is 0 Å². The molecule has 0 aromatic heterocycles. The Morgan fingerprint density at radius 1 is 0.955 bits per heavy atom. The lowest BCUT2D eigenvalue weighted by molar-refractivity contribution is -0.143. The van der Waals surface area contributed by atoms with E-state index in [2.05, 4.69) is 6.92 Å². The maximum atomic E-state index is 11.9. The summed E-state index contributed by atoms with van der Waals surface area (Å²) < 4.78 is 10.4. The summed E-state index contributed by atoms with van der Waals surface area (Å²) in [6.07, 6.45) is 4.98. The lowest BCUT2D eigenvalue weighted by Gasteiger charge is -2.07. The van der Waals surface area contributed by atoms with E-state index >= 15 is 0 Å². The molecule has 0 spiro atoms. The number of rotatable bonds is 11. The molecule has 0 amide bonds. The fourth-order valence-electron chi connectivity index (χ4n) is 2.05. The highest BCUT2D eigenvalue weighted by Gasteiger charge is 2.10. The number of ether oxygens (including phenoxy) is 2. The monoisotopic (exact) mass is 306 g/mol. The first-order valence-corrected chi connectivity index (χ1v) is 8.09. The van der Waals surface area contributed by atoms with E-state index in [9.17, 15) is 9.59 Å². The van der Waals surface area contributed by atoms with Crippen LogP contribution in [-0.4, -0.2) is 25.0 Å². The summed E-state index contributed by atoms with van der Waals surface area (Å²) in [6, 6.07) is 7.10. The molecule has 0 unspecified atom stereocenters. The third-order valence-corrected chi connectivity index (χ3v) is 3.30. The van der Waals surface area contributed by atoms with Gasteiger partial charge in [-0.1, -0.05) is 26.2 Å². The van der Waals surface area contributed by atoms with Crippen molar-refractivity contribution in [3.8, 4) is 5.75 Å². The number of hydrogen-bond acceptors (Lipinski definition) is 4. The van der Waals surface area contributed by atoms with Crippen molar-refractivity contribution in [3.05, 3.63) is 29.8 Å². The van der Waals surface area contributed by atoms with Crippen LogP contribution in [0.3, 0.4) is 0 Å². The maximum absolute atomic E-state index is 11.9. The van der Waals surface area contributed by atoms with Crippen LogP contribution in [0.4, 0.5) is 0 Å². The highest BCUT2D eigenvalue weighted by atomic mass is 16.5. The number of carbonyl (C=O) groups is 2. The number of carbonyl (C=O) groups excluding carboxylic acids is 2. The fourth-order valence-corrected chi connectivity index (χ4v) is 2.05. The largest absolute Gasteiger partial charge is 0.494 e. The van der Waals surface area contributed by atoms with Gasteiger partial charge in [-0.2, -0.15) is 0 Å². The van der Waals surface area contributed by atoms with Gasteiger partial charge in [0.2, 0.25) is 0 Å². The standard InChI is InChI=1S/C18H26O4/c1-3-5-6-7-14-22-16-10-8-15(9-11-16)17(19)12-13-18(20)21-4-2/h8-11H,3-7,12-14H2,1-2H3. The van der Waals surface area contributed by atoms with Crippen LogP contribution in [0.1, 0.15) is 62.7 Å². The zero-order valence-electron chi connectivity index (χ0n) is 13.6. The average Bonchev–Trinajstić information content (AvgIpc) is 2.53. The highest BCUT2D eigenvalue weighted by molar-refractivity contribution is 5.97. The van der Waals surface area contributed by atoms with Gasteiger partial charge in [0.25, 0.3) is 0 Å². The van der Waals surface area contributed by atoms with Crippen LogP contribution >= 0.6 is 0 Å². The zero-order valence-corrected chi connectivity index (χ0v) is 13.6. The lowest BCUT2D eigenvalue weighted by atomic mass is 10.1. The third kappa shape index (κ3) is 7.25. The molecule has 0 aliphatic rings. The molecular formula is C18H26O4. The number of esters is 1. The van der Waals surface area contributed by atoms with Gasteiger partial charge in [0, 0.05) is 12.0 Å². The van der Waals surface area contributed by atoms with E-state index < -0.39 is 0 Å². The predicted molar refractivity (Wildman–Crippen MR) is 86.3 cm³/mol. The van der Waals surface area contributed by atoms with E-state index in [1.807, 2.05) is 0 Å². The van der Waals surface area contributed by atoms with Gasteiger partial charge < -0.3 is 9.47 Å². The van der Waals surface area contributed by atoms with Gasteiger partial charge in [0.1, 0.15) is 5.75 Å². The smallest absolute Gasteiger partial charge is 0.306 e. The minimum atomic E-state index is -0.331. The average molecular weight is 306 g/mol. The minimum absolute atomic E-state index is 0.0532. The quantitative estimate of drug-likeness (QED) is 0.350. The van der Waals surface area contributed by atoms with Gasteiger partial charge >= 0.3 is 5.97 Å². The Balaban J connectivity index is 2.34. The first-order chi connectivity index (χ1) is 10.7. The summed E-state index contributed by atoms with van der Waals surface area (Å²) >= 11 is 0. The second-order valence-electron chi connectivity index (χ2n) is 5.16. The molecule has 4 heteroatoms. The molecule has 22 heavy (non-hydrogen) atoms. The molecule has 1 aromatic rings. The van der Waals surface area contributed by atoms with E-state index in [4.69, 9.17) is 9.47 Å². The van der Waals surface area contributed by atoms with Crippen molar-refractivity contribution < 1.29 is 19.1 Å². The first kappa shape index (κ1) is 18.2. The minimum Gasteiger partial charge on any atom is -0.494 e. The molecule has 0 aliphatic carbocycles. The molecule has 1 aromatic carbocycles. The molecule has 1 rings (SSSR count). The second kappa shape index (κ2) is 10.8. The van der Waals surface area contributed by atoms with E-state index in [-0.39, 0.29) is 24.6 Å². The molecule has 0 atom stereocenters. The second-order valence-corrected chi connectivity index (χ2v) is 5.16. The van der Waals surface area contributed by atoms with Crippen LogP contribution in [0.15, 0.2) is 24.3 Å². The van der Waals surface area contributed by atoms with Crippen molar-refractivity contribution >= 4 is 11.8 Å². The van der Waals surface area contributed by atoms with E-state index in [1.165, 1.54) is 19.3 Å². The van der Waals surface area contributed by atoms with Crippen molar-refractivity contribution in [2.24, 2.45) is 0 Å².